The van der Waals surface area contributed by atoms with E-state index in [2.05, 4.69) is 194 Å². The summed E-state index contributed by atoms with van der Waals surface area (Å²) in [6.45, 7) is 0. The van der Waals surface area contributed by atoms with Crippen LogP contribution >= 0.6 is 15.8 Å². The number of rotatable bonds is 6. The summed E-state index contributed by atoms with van der Waals surface area (Å²) in [4.78, 5) is 0. The van der Waals surface area contributed by atoms with Gasteiger partial charge in [0, 0.05) is 0 Å². The molecule has 0 atom stereocenters. The Hall–Kier alpha value is -6.08. The summed E-state index contributed by atoms with van der Waals surface area (Å²) in [7, 11) is -2.28. The van der Waals surface area contributed by atoms with Gasteiger partial charge in [-0.15, -0.1) is 11.1 Å². The van der Waals surface area contributed by atoms with Gasteiger partial charge in [0.05, 0.1) is 0 Å². The second-order valence-corrected chi connectivity index (χ2v) is 20.3. The first kappa shape index (κ1) is 47.9. The molecule has 0 nitrogen and oxygen atoms in total. The first-order chi connectivity index (χ1) is 31.7. The summed E-state index contributed by atoms with van der Waals surface area (Å²) in [5.74, 6) is 5.13. The minimum absolute atomic E-state index is 0. The zero-order valence-corrected chi connectivity index (χ0v) is 41.5. The number of hydrogen-bond donors (Lipinski definition) is 0. The van der Waals surface area contributed by atoms with Crippen molar-refractivity contribution >= 4 is 90.8 Å². The third-order valence-corrected chi connectivity index (χ3v) is 17.4. The molecule has 0 unspecified atom stereocenters. The van der Waals surface area contributed by atoms with E-state index in [1.54, 1.807) is 0 Å². The standard InChI is InChI=1S/C30H24P2.2C16H9.Ag.Au/c1-5-15-25(16-6-1)31(26-17-7-2-8-18-26)29-23-13-14-24-30(29)32(27-19-9-3-10-20-27)28-21-11-4-12-22-28;2*1-2-14-15-9-5-3-7-12(15)11-13-8-4-6-10-16(13)14;;/h1-24H;2*3-11H;;/q;2*-1;2*+1/p+2. The molecule has 322 valence electrons. The molecule has 0 saturated heterocycles. The van der Waals surface area contributed by atoms with E-state index in [9.17, 15) is 0 Å². The van der Waals surface area contributed by atoms with Crippen LogP contribution in [0, 0.1) is 24.7 Å². The quantitative estimate of drug-likeness (QED) is 0.0512. The van der Waals surface area contributed by atoms with Crippen molar-refractivity contribution in [2.24, 2.45) is 0 Å². The summed E-state index contributed by atoms with van der Waals surface area (Å²) in [5, 5.41) is 17.7. The van der Waals surface area contributed by atoms with E-state index in [-0.39, 0.29) is 44.8 Å². The predicted molar refractivity (Wildman–Crippen MR) is 282 cm³/mol. The fraction of sp³-hybridized carbons (Fsp3) is 0. The van der Waals surface area contributed by atoms with Gasteiger partial charge >= 0.3 is 44.8 Å². The fourth-order valence-corrected chi connectivity index (χ4v) is 14.6. The first-order valence-electron chi connectivity index (χ1n) is 21.4. The molecule has 11 aromatic carbocycles. The predicted octanol–water partition coefficient (Wildman–Crippen LogP) is 12.5. The second kappa shape index (κ2) is 23.4. The average Bonchev–Trinajstić information content (AvgIpc) is 3.37. The van der Waals surface area contributed by atoms with Gasteiger partial charge in [-0.05, 0) is 94.3 Å². The summed E-state index contributed by atoms with van der Waals surface area (Å²) in [6, 6.07) is 90.3. The van der Waals surface area contributed by atoms with Gasteiger partial charge in [-0.2, -0.15) is 0 Å². The Kier molecular flexibility index (Phi) is 17.0. The maximum atomic E-state index is 7.46. The molecule has 0 bridgehead atoms. The van der Waals surface area contributed by atoms with Crippen molar-refractivity contribution in [2.45, 2.75) is 0 Å². The first-order valence-corrected chi connectivity index (χ1v) is 24.4. The van der Waals surface area contributed by atoms with E-state index in [4.69, 9.17) is 12.8 Å². The molecule has 0 aromatic heterocycles. The van der Waals surface area contributed by atoms with Crippen LogP contribution in [0.1, 0.15) is 11.1 Å². The molecule has 11 aromatic rings. The second-order valence-electron chi connectivity index (χ2n) is 15.4. The van der Waals surface area contributed by atoms with Gasteiger partial charge in [0.1, 0.15) is 47.7 Å². The van der Waals surface area contributed by atoms with Crippen LogP contribution in [0.25, 0.3) is 43.1 Å². The van der Waals surface area contributed by atoms with Gasteiger partial charge in [0.15, 0.2) is 0 Å². The van der Waals surface area contributed by atoms with Gasteiger partial charge in [0.2, 0.25) is 0 Å². The van der Waals surface area contributed by atoms with Gasteiger partial charge in [-0.3, -0.25) is 11.8 Å². The van der Waals surface area contributed by atoms with Crippen molar-refractivity contribution < 1.29 is 44.8 Å². The van der Waals surface area contributed by atoms with Gasteiger partial charge < -0.3 is 12.8 Å². The minimum atomic E-state index is -1.14. The zero-order valence-electron chi connectivity index (χ0n) is 35.9. The van der Waals surface area contributed by atoms with Crippen LogP contribution in [-0.2, 0) is 44.8 Å². The van der Waals surface area contributed by atoms with Crippen LogP contribution in [0.4, 0.5) is 0 Å². The third-order valence-electron chi connectivity index (χ3n) is 11.5. The zero-order chi connectivity index (χ0) is 43.5. The SMILES string of the molecule is [Ag+].[Au+].[C-]#Cc1c2ccccc2cc2ccccc12.[C-]#Cc1c2ccccc2cc2ccccc12.c1ccc([PH+](c2ccccc2)c2ccccc2[PH+](c2ccccc2)c2ccccc2)cc1. The normalized spacial score (nSPS) is 10.4. The van der Waals surface area contributed by atoms with Crippen molar-refractivity contribution in [1.29, 1.82) is 0 Å². The molecule has 0 radical (unpaired) electrons. The van der Waals surface area contributed by atoms with Crippen LogP contribution in [0.3, 0.4) is 0 Å². The molecule has 0 aliphatic heterocycles. The van der Waals surface area contributed by atoms with Crippen molar-refractivity contribution in [1.82, 2.24) is 0 Å². The van der Waals surface area contributed by atoms with Crippen LogP contribution in [-0.4, -0.2) is 0 Å². The Labute approximate surface area is 422 Å². The van der Waals surface area contributed by atoms with Crippen molar-refractivity contribution in [3.05, 3.63) is 279 Å². The Morgan fingerprint density at radius 3 is 0.727 bits per heavy atom. The van der Waals surface area contributed by atoms with E-state index in [0.29, 0.717) is 0 Å². The molecule has 0 fully saturated rings. The molecule has 66 heavy (non-hydrogen) atoms. The summed E-state index contributed by atoms with van der Waals surface area (Å²) < 4.78 is 0. The molecule has 0 saturated carbocycles. The maximum Gasteiger partial charge on any atom is 1.00 e. The minimum Gasteiger partial charge on any atom is -0.366 e. The molecule has 11 rings (SSSR count). The molecular weight excluding hydrogens is 1110 g/mol. The van der Waals surface area contributed by atoms with Crippen molar-refractivity contribution in [3.8, 4) is 11.8 Å². The third kappa shape index (κ3) is 10.6. The summed E-state index contributed by atoms with van der Waals surface area (Å²) in [5.41, 5.74) is 1.77. The number of fused-ring (bicyclic) bond motifs is 4. The largest absolute Gasteiger partial charge is 1.00 e. The van der Waals surface area contributed by atoms with Crippen LogP contribution in [0.15, 0.2) is 255 Å². The fourth-order valence-electron chi connectivity index (χ4n) is 8.59. The van der Waals surface area contributed by atoms with E-state index < -0.39 is 15.8 Å². The number of benzene rings is 11. The molecule has 0 N–H and O–H groups in total. The van der Waals surface area contributed by atoms with Crippen LogP contribution < -0.4 is 31.8 Å². The Balaban J connectivity index is 0.000000160. The molecule has 0 aliphatic rings. The van der Waals surface area contributed by atoms with E-state index in [1.807, 2.05) is 72.8 Å². The summed E-state index contributed by atoms with van der Waals surface area (Å²) in [6.07, 6.45) is 14.9. The smallest absolute Gasteiger partial charge is 0.366 e. The molecule has 0 spiro atoms. The molecule has 0 heterocycles. The van der Waals surface area contributed by atoms with Gasteiger partial charge in [0.25, 0.3) is 0 Å². The van der Waals surface area contributed by atoms with Crippen molar-refractivity contribution in [3.63, 3.8) is 0 Å². The van der Waals surface area contributed by atoms with Crippen molar-refractivity contribution in [2.75, 3.05) is 0 Å². The van der Waals surface area contributed by atoms with E-state index in [0.717, 1.165) is 54.2 Å². The Morgan fingerprint density at radius 1 is 0.273 bits per heavy atom. The molecule has 0 amide bonds. The van der Waals surface area contributed by atoms with Gasteiger partial charge in [-0.1, -0.05) is 204 Å². The average molecular weight is 1160 g/mol. The maximum absolute atomic E-state index is 7.46. The Bertz CT molecular complexity index is 3000. The number of hydrogen-bond acceptors (Lipinski definition) is 0. The van der Waals surface area contributed by atoms with Crippen LogP contribution in [0.2, 0.25) is 0 Å². The van der Waals surface area contributed by atoms with E-state index >= 15 is 0 Å². The Morgan fingerprint density at radius 2 is 0.485 bits per heavy atom. The summed E-state index contributed by atoms with van der Waals surface area (Å²) >= 11 is 0. The molecular formula is C62H44AgAuP2+2. The van der Waals surface area contributed by atoms with E-state index in [1.165, 1.54) is 31.8 Å². The molecule has 4 heteroatoms. The molecule has 0 aliphatic carbocycles. The monoisotopic (exact) mass is 1150 g/mol. The topological polar surface area (TPSA) is 0 Å². The van der Waals surface area contributed by atoms with Crippen LogP contribution in [0.5, 0.6) is 0 Å². The van der Waals surface area contributed by atoms with Gasteiger partial charge in [-0.25, -0.2) is 0 Å².